The molecular formula is C23H24F2N6O. The zero-order valence-electron chi connectivity index (χ0n) is 17.4. The summed E-state index contributed by atoms with van der Waals surface area (Å²) in [7, 11) is 0. The largest absolute Gasteiger partial charge is 0.366 e. The van der Waals surface area contributed by atoms with Crippen molar-refractivity contribution >= 4 is 28.3 Å². The number of hydrogen-bond donors (Lipinski definition) is 3. The van der Waals surface area contributed by atoms with E-state index >= 15 is 0 Å². The number of pyridine rings is 1. The molecule has 2 aliphatic rings. The van der Waals surface area contributed by atoms with Gasteiger partial charge in [-0.15, -0.1) is 0 Å². The fourth-order valence-electron chi connectivity index (χ4n) is 4.19. The van der Waals surface area contributed by atoms with Gasteiger partial charge in [0, 0.05) is 41.9 Å². The third-order valence-corrected chi connectivity index (χ3v) is 6.06. The molecule has 1 aliphatic carbocycles. The highest BCUT2D eigenvalue weighted by atomic mass is 19.3. The number of nitrogens with one attached hydrogen (secondary N) is 3. The number of carbonyl (C=O) groups is 1. The molecule has 5 rings (SSSR count). The molecular weight excluding hydrogens is 414 g/mol. The molecule has 0 spiro atoms. The number of alkyl halides is 2. The van der Waals surface area contributed by atoms with Crippen molar-refractivity contribution in [1.82, 2.24) is 20.3 Å². The lowest BCUT2D eigenvalue weighted by Gasteiger charge is -2.33. The summed E-state index contributed by atoms with van der Waals surface area (Å²) in [5.74, 6) is -2.72. The van der Waals surface area contributed by atoms with Crippen LogP contribution in [0.3, 0.4) is 0 Å². The summed E-state index contributed by atoms with van der Waals surface area (Å²) in [5.41, 5.74) is 1.63. The number of benzene rings is 1. The van der Waals surface area contributed by atoms with Crippen LogP contribution in [0.1, 0.15) is 25.7 Å². The van der Waals surface area contributed by atoms with E-state index in [-0.39, 0.29) is 0 Å². The molecule has 1 aliphatic heterocycles. The Bertz CT molecular complexity index is 1140. The predicted octanol–water partition coefficient (Wildman–Crippen LogP) is 3.84. The Morgan fingerprint density at radius 3 is 2.62 bits per heavy atom. The molecule has 9 heteroatoms. The van der Waals surface area contributed by atoms with E-state index in [2.05, 4.69) is 25.9 Å². The molecule has 0 atom stereocenters. The fraction of sp³-hybridized carbons (Fsp3) is 0.391. The molecule has 1 amide bonds. The average Bonchev–Trinajstić information content (AvgIpc) is 2.78. The number of carbonyl (C=O) groups excluding carboxylic acids is 1. The molecule has 1 saturated carbocycles. The Morgan fingerprint density at radius 2 is 1.84 bits per heavy atom. The number of nitrogens with zero attached hydrogens (tertiary/aromatic N) is 3. The number of piperidine rings is 1. The molecule has 3 N–H and O–H groups in total. The summed E-state index contributed by atoms with van der Waals surface area (Å²) in [6.07, 6.45) is 6.38. The average molecular weight is 438 g/mol. The first-order valence-electron chi connectivity index (χ1n) is 10.8. The number of rotatable bonds is 5. The predicted molar refractivity (Wildman–Crippen MR) is 119 cm³/mol. The standard InChI is InChI=1S/C23H24F2N6O/c24-23(25)9-17(10-23)22(32)31-20-8-16-7-14(1-2-15(16)11-28-20)19-12-27-13-21(30-19)29-18-3-5-26-6-4-18/h1-2,7-8,11-13,17-18,26H,3-6,9-10H2,(H,29,30)(H,28,31,32). The number of amides is 1. The molecule has 0 unspecified atom stereocenters. The van der Waals surface area contributed by atoms with E-state index in [4.69, 9.17) is 4.98 Å². The molecule has 2 fully saturated rings. The van der Waals surface area contributed by atoms with Gasteiger partial charge in [0.05, 0.1) is 18.1 Å². The zero-order valence-corrected chi connectivity index (χ0v) is 17.4. The van der Waals surface area contributed by atoms with Crippen LogP contribution in [0.2, 0.25) is 0 Å². The minimum atomic E-state index is -2.73. The minimum Gasteiger partial charge on any atom is -0.366 e. The lowest BCUT2D eigenvalue weighted by Crippen LogP contribution is -2.42. The van der Waals surface area contributed by atoms with Crippen molar-refractivity contribution < 1.29 is 13.6 Å². The maximum absolute atomic E-state index is 13.0. The van der Waals surface area contributed by atoms with E-state index in [1.165, 1.54) is 0 Å². The van der Waals surface area contributed by atoms with Gasteiger partial charge < -0.3 is 16.0 Å². The maximum atomic E-state index is 13.0. The third-order valence-electron chi connectivity index (χ3n) is 6.06. The first-order valence-corrected chi connectivity index (χ1v) is 10.8. The number of anilines is 2. The van der Waals surface area contributed by atoms with Crippen molar-refractivity contribution in [3.8, 4) is 11.3 Å². The quantitative estimate of drug-likeness (QED) is 0.561. The van der Waals surface area contributed by atoms with Crippen molar-refractivity contribution in [2.45, 2.75) is 37.6 Å². The molecule has 0 radical (unpaired) electrons. The van der Waals surface area contributed by atoms with E-state index in [9.17, 15) is 13.6 Å². The lowest BCUT2D eigenvalue weighted by molar-refractivity contribution is -0.145. The van der Waals surface area contributed by atoms with Gasteiger partial charge >= 0.3 is 0 Å². The molecule has 166 valence electrons. The van der Waals surface area contributed by atoms with E-state index in [0.29, 0.717) is 11.9 Å². The van der Waals surface area contributed by atoms with Gasteiger partial charge in [-0.3, -0.25) is 9.78 Å². The molecule has 1 saturated heterocycles. The van der Waals surface area contributed by atoms with Gasteiger partial charge in [0.25, 0.3) is 0 Å². The van der Waals surface area contributed by atoms with Crippen LogP contribution in [0.25, 0.3) is 22.0 Å². The Labute approximate surface area is 184 Å². The van der Waals surface area contributed by atoms with Crippen molar-refractivity contribution in [3.63, 3.8) is 0 Å². The van der Waals surface area contributed by atoms with Gasteiger partial charge in [0.2, 0.25) is 11.8 Å². The van der Waals surface area contributed by atoms with Crippen LogP contribution in [-0.2, 0) is 4.79 Å². The second kappa shape index (κ2) is 8.38. The van der Waals surface area contributed by atoms with Gasteiger partial charge in [-0.1, -0.05) is 12.1 Å². The summed E-state index contributed by atoms with van der Waals surface area (Å²) in [6.45, 7) is 1.98. The van der Waals surface area contributed by atoms with E-state index in [1.807, 2.05) is 18.2 Å². The van der Waals surface area contributed by atoms with Crippen LogP contribution >= 0.6 is 0 Å². The van der Waals surface area contributed by atoms with E-state index in [1.54, 1.807) is 24.7 Å². The molecule has 0 bridgehead atoms. The van der Waals surface area contributed by atoms with Crippen molar-refractivity contribution in [2.75, 3.05) is 23.7 Å². The van der Waals surface area contributed by atoms with Crippen LogP contribution in [-0.4, -0.2) is 45.9 Å². The number of halogens is 2. The van der Waals surface area contributed by atoms with Crippen LogP contribution in [0, 0.1) is 5.92 Å². The highest BCUT2D eigenvalue weighted by molar-refractivity contribution is 5.95. The van der Waals surface area contributed by atoms with Gasteiger partial charge in [-0.25, -0.2) is 18.7 Å². The maximum Gasteiger partial charge on any atom is 0.249 e. The Hall–Kier alpha value is -3.20. The van der Waals surface area contributed by atoms with E-state index in [0.717, 1.165) is 53.8 Å². The third kappa shape index (κ3) is 4.52. The first kappa shape index (κ1) is 20.7. The minimum absolute atomic E-state index is 0.349. The number of aromatic nitrogens is 3. The highest BCUT2D eigenvalue weighted by Gasteiger charge is 2.48. The highest BCUT2D eigenvalue weighted by Crippen LogP contribution is 2.42. The van der Waals surface area contributed by atoms with Crippen LogP contribution in [0.5, 0.6) is 0 Å². The summed E-state index contributed by atoms with van der Waals surface area (Å²) in [6, 6.07) is 7.98. The van der Waals surface area contributed by atoms with Crippen molar-refractivity contribution in [3.05, 3.63) is 42.9 Å². The van der Waals surface area contributed by atoms with Crippen LogP contribution in [0.15, 0.2) is 42.9 Å². The second-order valence-corrected chi connectivity index (χ2v) is 8.54. The van der Waals surface area contributed by atoms with Crippen LogP contribution < -0.4 is 16.0 Å². The summed E-state index contributed by atoms with van der Waals surface area (Å²) in [5, 5.41) is 11.2. The molecule has 3 heterocycles. The van der Waals surface area contributed by atoms with E-state index < -0.39 is 30.6 Å². The molecule has 7 nitrogen and oxygen atoms in total. The Morgan fingerprint density at radius 1 is 1.03 bits per heavy atom. The lowest BCUT2D eigenvalue weighted by atomic mass is 9.81. The van der Waals surface area contributed by atoms with Gasteiger partial charge in [0.15, 0.2) is 0 Å². The van der Waals surface area contributed by atoms with Gasteiger partial charge in [-0.05, 0) is 43.5 Å². The second-order valence-electron chi connectivity index (χ2n) is 8.54. The van der Waals surface area contributed by atoms with Crippen LogP contribution in [0.4, 0.5) is 20.4 Å². The Kier molecular flexibility index (Phi) is 5.42. The smallest absolute Gasteiger partial charge is 0.249 e. The fourth-order valence-corrected chi connectivity index (χ4v) is 4.19. The number of hydrogen-bond acceptors (Lipinski definition) is 6. The molecule has 3 aromatic rings. The van der Waals surface area contributed by atoms with Gasteiger partial charge in [0.1, 0.15) is 11.6 Å². The SMILES string of the molecule is O=C(Nc1cc2cc(-c3cncc(NC4CCNCC4)n3)ccc2cn1)C1CC(F)(F)C1. The zero-order chi connectivity index (χ0) is 22.1. The monoisotopic (exact) mass is 438 g/mol. The van der Waals surface area contributed by atoms with Crippen molar-refractivity contribution in [1.29, 1.82) is 0 Å². The van der Waals surface area contributed by atoms with Crippen molar-refractivity contribution in [2.24, 2.45) is 5.92 Å². The Balaban J connectivity index is 1.33. The normalized spacial score (nSPS) is 18.8. The number of fused-ring (bicyclic) bond motifs is 1. The first-order chi connectivity index (χ1) is 15.4. The molecule has 2 aromatic heterocycles. The summed E-state index contributed by atoms with van der Waals surface area (Å²) < 4.78 is 26.1. The molecule has 1 aromatic carbocycles. The molecule has 32 heavy (non-hydrogen) atoms. The summed E-state index contributed by atoms with van der Waals surface area (Å²) >= 11 is 0. The topological polar surface area (TPSA) is 91.8 Å². The summed E-state index contributed by atoms with van der Waals surface area (Å²) in [4.78, 5) is 25.5. The van der Waals surface area contributed by atoms with Gasteiger partial charge in [-0.2, -0.15) is 0 Å².